The highest BCUT2D eigenvalue weighted by atomic mass is 35.5. The first kappa shape index (κ1) is 21.3. The molecule has 1 aromatic heterocycles. The minimum Gasteiger partial charge on any atom is -0.462 e. The van der Waals surface area contributed by atoms with Crippen molar-refractivity contribution >= 4 is 45.5 Å². The molecule has 0 saturated heterocycles. The van der Waals surface area contributed by atoms with Crippen LogP contribution < -0.4 is 5.32 Å². The lowest BCUT2D eigenvalue weighted by atomic mass is 9.88. The van der Waals surface area contributed by atoms with Crippen molar-refractivity contribution in [2.75, 3.05) is 11.9 Å². The van der Waals surface area contributed by atoms with Gasteiger partial charge in [0.05, 0.1) is 17.1 Å². The molecular weight excluding hydrogens is 416 g/mol. The Kier molecular flexibility index (Phi) is 6.54. The molecular formula is C20H21ClN2O5S. The van der Waals surface area contributed by atoms with Crippen molar-refractivity contribution in [1.29, 1.82) is 0 Å². The predicted molar refractivity (Wildman–Crippen MR) is 112 cm³/mol. The summed E-state index contributed by atoms with van der Waals surface area (Å²) in [4.78, 5) is 37.2. The number of nitro benzene ring substituents is 1. The van der Waals surface area contributed by atoms with Gasteiger partial charge < -0.3 is 10.1 Å². The zero-order valence-electron chi connectivity index (χ0n) is 16.1. The van der Waals surface area contributed by atoms with Gasteiger partial charge in [0.25, 0.3) is 11.6 Å². The average molecular weight is 437 g/mol. The first-order valence-corrected chi connectivity index (χ1v) is 10.6. The van der Waals surface area contributed by atoms with E-state index in [0.717, 1.165) is 35.8 Å². The van der Waals surface area contributed by atoms with Crippen molar-refractivity contribution in [1.82, 2.24) is 0 Å². The molecule has 2 aromatic rings. The van der Waals surface area contributed by atoms with Crippen LogP contribution in [0.15, 0.2) is 18.2 Å². The number of benzene rings is 1. The molecule has 9 heteroatoms. The summed E-state index contributed by atoms with van der Waals surface area (Å²) < 4.78 is 5.32. The van der Waals surface area contributed by atoms with Gasteiger partial charge in [0.15, 0.2) is 0 Å². The van der Waals surface area contributed by atoms with Gasteiger partial charge in [-0.2, -0.15) is 0 Å². The number of nitrogens with one attached hydrogen (secondary N) is 1. The maximum absolute atomic E-state index is 12.8. The zero-order chi connectivity index (χ0) is 21.1. The van der Waals surface area contributed by atoms with Gasteiger partial charge in [-0.3, -0.25) is 14.9 Å². The van der Waals surface area contributed by atoms with Crippen LogP contribution in [-0.4, -0.2) is 23.4 Å². The number of esters is 1. The fraction of sp³-hybridized carbons (Fsp3) is 0.400. The van der Waals surface area contributed by atoms with Gasteiger partial charge in [0.2, 0.25) is 0 Å². The van der Waals surface area contributed by atoms with Crippen LogP contribution in [0, 0.1) is 16.0 Å². The number of hydrogen-bond donors (Lipinski definition) is 1. The molecule has 0 saturated carbocycles. The number of ether oxygens (including phenoxy) is 1. The van der Waals surface area contributed by atoms with Crippen LogP contribution in [0.1, 0.15) is 57.8 Å². The van der Waals surface area contributed by atoms with Gasteiger partial charge in [-0.15, -0.1) is 11.3 Å². The largest absolute Gasteiger partial charge is 0.462 e. The van der Waals surface area contributed by atoms with Crippen molar-refractivity contribution in [3.05, 3.63) is 54.9 Å². The summed E-state index contributed by atoms with van der Waals surface area (Å²) in [6.45, 7) is 4.34. The standard InChI is InChI=1S/C20H21ClN2O5S/c1-3-8-28-20(25)17-14-6-4-11(2)9-16(14)29-19(17)22-18(24)13-7-5-12(21)10-15(13)23(26)27/h5,7,10-11H,3-4,6,8-9H2,1-2H3,(H,22,24). The molecule has 1 aliphatic carbocycles. The third-order valence-electron chi connectivity index (χ3n) is 4.78. The quantitative estimate of drug-likeness (QED) is 0.378. The fourth-order valence-corrected chi connectivity index (χ4v) is 4.90. The van der Waals surface area contributed by atoms with Crippen LogP contribution in [0.4, 0.5) is 10.7 Å². The number of amides is 1. The second-order valence-corrected chi connectivity index (χ2v) is 8.61. The van der Waals surface area contributed by atoms with Crippen LogP contribution in [0.2, 0.25) is 5.02 Å². The number of fused-ring (bicyclic) bond motifs is 1. The number of hydrogen-bond acceptors (Lipinski definition) is 6. The molecule has 0 bridgehead atoms. The van der Waals surface area contributed by atoms with Crippen LogP contribution in [0.3, 0.4) is 0 Å². The molecule has 1 heterocycles. The van der Waals surface area contributed by atoms with Crippen molar-refractivity contribution in [3.63, 3.8) is 0 Å². The van der Waals surface area contributed by atoms with E-state index in [9.17, 15) is 19.7 Å². The lowest BCUT2D eigenvalue weighted by Crippen LogP contribution is -2.17. The molecule has 0 spiro atoms. The maximum Gasteiger partial charge on any atom is 0.341 e. The third-order valence-corrected chi connectivity index (χ3v) is 6.19. The predicted octanol–water partition coefficient (Wildman–Crippen LogP) is 5.25. The second-order valence-electron chi connectivity index (χ2n) is 7.06. The Balaban J connectivity index is 1.97. The molecule has 3 rings (SSSR count). The first-order chi connectivity index (χ1) is 13.8. The number of rotatable bonds is 6. The molecule has 0 fully saturated rings. The van der Waals surface area contributed by atoms with E-state index >= 15 is 0 Å². The lowest BCUT2D eigenvalue weighted by Gasteiger charge is -2.18. The summed E-state index contributed by atoms with van der Waals surface area (Å²) in [6.07, 6.45) is 3.20. The molecule has 7 nitrogen and oxygen atoms in total. The number of nitrogens with zero attached hydrogens (tertiary/aromatic N) is 1. The number of carbonyl (C=O) groups excluding carboxylic acids is 2. The third kappa shape index (κ3) is 4.59. The van der Waals surface area contributed by atoms with Crippen molar-refractivity contribution in [2.24, 2.45) is 5.92 Å². The van der Waals surface area contributed by atoms with Crippen molar-refractivity contribution < 1.29 is 19.2 Å². The Bertz CT molecular complexity index is 972. The SMILES string of the molecule is CCCOC(=O)c1c(NC(=O)c2ccc(Cl)cc2[N+](=O)[O-])sc2c1CCC(C)C2. The Labute approximate surface area is 177 Å². The monoisotopic (exact) mass is 436 g/mol. The molecule has 1 amide bonds. The molecule has 154 valence electrons. The van der Waals surface area contributed by atoms with Gasteiger partial charge >= 0.3 is 5.97 Å². The summed E-state index contributed by atoms with van der Waals surface area (Å²) in [5, 5.41) is 14.6. The van der Waals surface area contributed by atoms with E-state index in [1.54, 1.807) is 0 Å². The summed E-state index contributed by atoms with van der Waals surface area (Å²) in [6, 6.07) is 3.86. The summed E-state index contributed by atoms with van der Waals surface area (Å²) >= 11 is 7.17. The maximum atomic E-state index is 12.8. The van der Waals surface area contributed by atoms with Gasteiger partial charge in [0.1, 0.15) is 10.6 Å². The molecule has 1 unspecified atom stereocenters. The van der Waals surface area contributed by atoms with Gasteiger partial charge in [-0.25, -0.2) is 4.79 Å². The molecule has 1 N–H and O–H groups in total. The summed E-state index contributed by atoms with van der Waals surface area (Å²) in [5.74, 6) is -0.647. The van der Waals surface area contributed by atoms with Crippen molar-refractivity contribution in [2.45, 2.75) is 39.5 Å². The number of anilines is 1. The van der Waals surface area contributed by atoms with Gasteiger partial charge in [0, 0.05) is 16.0 Å². The Morgan fingerprint density at radius 1 is 1.41 bits per heavy atom. The highest BCUT2D eigenvalue weighted by molar-refractivity contribution is 7.17. The van der Waals surface area contributed by atoms with E-state index in [-0.39, 0.29) is 22.9 Å². The van der Waals surface area contributed by atoms with E-state index in [0.29, 0.717) is 22.9 Å². The smallest absolute Gasteiger partial charge is 0.341 e. The lowest BCUT2D eigenvalue weighted by molar-refractivity contribution is -0.385. The van der Waals surface area contributed by atoms with Crippen molar-refractivity contribution in [3.8, 4) is 0 Å². The van der Waals surface area contributed by atoms with E-state index in [2.05, 4.69) is 12.2 Å². The van der Waals surface area contributed by atoms with E-state index in [1.807, 2.05) is 6.92 Å². The minimum absolute atomic E-state index is 0.119. The highest BCUT2D eigenvalue weighted by Gasteiger charge is 2.30. The highest BCUT2D eigenvalue weighted by Crippen LogP contribution is 2.40. The average Bonchev–Trinajstić information content (AvgIpc) is 3.02. The number of carbonyl (C=O) groups is 2. The normalized spacial score (nSPS) is 15.5. The summed E-state index contributed by atoms with van der Waals surface area (Å²) in [5.41, 5.74) is 0.775. The topological polar surface area (TPSA) is 98.5 Å². The van der Waals surface area contributed by atoms with E-state index in [4.69, 9.17) is 16.3 Å². The second kappa shape index (κ2) is 8.92. The first-order valence-electron chi connectivity index (χ1n) is 9.38. The van der Waals surface area contributed by atoms with Crippen LogP contribution in [0.5, 0.6) is 0 Å². The van der Waals surface area contributed by atoms with Crippen LogP contribution in [-0.2, 0) is 17.6 Å². The Hall–Kier alpha value is -2.45. The number of halogens is 1. The molecule has 1 atom stereocenters. The molecule has 29 heavy (non-hydrogen) atoms. The number of nitro groups is 1. The number of thiophene rings is 1. The Morgan fingerprint density at radius 3 is 2.86 bits per heavy atom. The van der Waals surface area contributed by atoms with Crippen LogP contribution >= 0.6 is 22.9 Å². The van der Waals surface area contributed by atoms with E-state index < -0.39 is 16.8 Å². The summed E-state index contributed by atoms with van der Waals surface area (Å²) in [7, 11) is 0. The molecule has 0 radical (unpaired) electrons. The molecule has 1 aromatic carbocycles. The Morgan fingerprint density at radius 2 is 2.17 bits per heavy atom. The van der Waals surface area contributed by atoms with Gasteiger partial charge in [-0.1, -0.05) is 25.4 Å². The fourth-order valence-electron chi connectivity index (χ4n) is 3.34. The van der Waals surface area contributed by atoms with E-state index in [1.165, 1.54) is 23.5 Å². The van der Waals surface area contributed by atoms with Crippen LogP contribution in [0.25, 0.3) is 0 Å². The minimum atomic E-state index is -0.662. The van der Waals surface area contributed by atoms with Gasteiger partial charge in [-0.05, 0) is 49.3 Å². The zero-order valence-corrected chi connectivity index (χ0v) is 17.7. The molecule has 0 aliphatic heterocycles. The molecule has 1 aliphatic rings.